The van der Waals surface area contributed by atoms with Crippen molar-refractivity contribution >= 4 is 17.2 Å². The summed E-state index contributed by atoms with van der Waals surface area (Å²) in [6.07, 6.45) is 1.49. The van der Waals surface area contributed by atoms with E-state index in [0.29, 0.717) is 13.0 Å². The monoisotopic (exact) mass is 198 g/mol. The van der Waals surface area contributed by atoms with Gasteiger partial charge < -0.3 is 5.32 Å². The molecule has 72 valence electrons. The lowest BCUT2D eigenvalue weighted by Crippen LogP contribution is -2.22. The molecule has 1 amide bonds. The van der Waals surface area contributed by atoms with Crippen molar-refractivity contribution in [3.05, 3.63) is 16.1 Å². The summed E-state index contributed by atoms with van der Waals surface area (Å²) in [5.74, 6) is 0.105. The highest BCUT2D eigenvalue weighted by Crippen LogP contribution is 2.07. The molecule has 4 heteroatoms. The molecule has 1 heterocycles. The van der Waals surface area contributed by atoms with Gasteiger partial charge in [-0.25, -0.2) is 4.98 Å². The normalized spacial score (nSPS) is 10.0. The van der Waals surface area contributed by atoms with Crippen LogP contribution < -0.4 is 5.32 Å². The zero-order chi connectivity index (χ0) is 9.68. The second-order valence-electron chi connectivity index (χ2n) is 2.88. The maximum absolute atomic E-state index is 11.1. The summed E-state index contributed by atoms with van der Waals surface area (Å²) in [7, 11) is 0. The van der Waals surface area contributed by atoms with E-state index in [1.807, 2.05) is 19.2 Å². The van der Waals surface area contributed by atoms with Crippen LogP contribution in [0.15, 0.2) is 5.38 Å². The first kappa shape index (κ1) is 10.2. The number of carbonyl (C=O) groups is 1. The molecule has 0 saturated carbocycles. The summed E-state index contributed by atoms with van der Waals surface area (Å²) in [5.41, 5.74) is 0.951. The first-order valence-electron chi connectivity index (χ1n) is 4.40. The van der Waals surface area contributed by atoms with Gasteiger partial charge in [0.1, 0.15) is 0 Å². The van der Waals surface area contributed by atoms with Gasteiger partial charge in [0.05, 0.1) is 17.2 Å². The summed E-state index contributed by atoms with van der Waals surface area (Å²) in [6.45, 7) is 4.51. The van der Waals surface area contributed by atoms with E-state index in [1.54, 1.807) is 11.3 Å². The predicted molar refractivity (Wildman–Crippen MR) is 53.6 cm³/mol. The summed E-state index contributed by atoms with van der Waals surface area (Å²) < 4.78 is 0. The number of hydrogen-bond donors (Lipinski definition) is 1. The van der Waals surface area contributed by atoms with Gasteiger partial charge in [-0.3, -0.25) is 4.79 Å². The third kappa shape index (κ3) is 3.55. The molecule has 0 aliphatic carbocycles. The van der Waals surface area contributed by atoms with Gasteiger partial charge in [-0.2, -0.15) is 0 Å². The molecular formula is C9H14N2OS. The number of rotatable bonds is 4. The highest BCUT2D eigenvalue weighted by atomic mass is 32.1. The Kier molecular flexibility index (Phi) is 3.89. The lowest BCUT2D eigenvalue weighted by atomic mass is 10.3. The van der Waals surface area contributed by atoms with Gasteiger partial charge in [0, 0.05) is 11.8 Å². The highest BCUT2D eigenvalue weighted by Gasteiger charge is 2.01. The smallest absolute Gasteiger partial charge is 0.220 e. The molecule has 0 aromatic carbocycles. The van der Waals surface area contributed by atoms with Crippen molar-refractivity contribution in [3.63, 3.8) is 0 Å². The van der Waals surface area contributed by atoms with Crippen LogP contribution in [0.5, 0.6) is 0 Å². The molecule has 0 fully saturated rings. The van der Waals surface area contributed by atoms with Crippen LogP contribution in [0, 0.1) is 6.92 Å². The van der Waals surface area contributed by atoms with Gasteiger partial charge in [-0.15, -0.1) is 11.3 Å². The van der Waals surface area contributed by atoms with E-state index in [9.17, 15) is 4.79 Å². The van der Waals surface area contributed by atoms with Crippen molar-refractivity contribution in [2.75, 3.05) is 0 Å². The SMILES string of the molecule is CCCC(=O)NCc1csc(C)n1. The maximum atomic E-state index is 11.1. The van der Waals surface area contributed by atoms with Crippen LogP contribution in [-0.4, -0.2) is 10.9 Å². The van der Waals surface area contributed by atoms with Crippen molar-refractivity contribution in [1.29, 1.82) is 0 Å². The number of thiazole rings is 1. The molecule has 3 nitrogen and oxygen atoms in total. The Hall–Kier alpha value is -0.900. The van der Waals surface area contributed by atoms with Crippen molar-refractivity contribution < 1.29 is 4.79 Å². The fourth-order valence-electron chi connectivity index (χ4n) is 0.994. The molecule has 1 aromatic heterocycles. The summed E-state index contributed by atoms with van der Waals surface area (Å²) in [5, 5.41) is 5.83. The largest absolute Gasteiger partial charge is 0.350 e. The fourth-order valence-corrected chi connectivity index (χ4v) is 1.61. The molecule has 0 spiro atoms. The minimum Gasteiger partial charge on any atom is -0.350 e. The molecule has 0 aliphatic rings. The molecule has 1 rings (SSSR count). The van der Waals surface area contributed by atoms with E-state index >= 15 is 0 Å². The second kappa shape index (κ2) is 4.97. The topological polar surface area (TPSA) is 42.0 Å². The molecule has 0 aliphatic heterocycles. The van der Waals surface area contributed by atoms with E-state index in [-0.39, 0.29) is 5.91 Å². The predicted octanol–water partition coefficient (Wildman–Crippen LogP) is 1.87. The van der Waals surface area contributed by atoms with Gasteiger partial charge in [-0.05, 0) is 13.3 Å². The van der Waals surface area contributed by atoms with Crippen LogP contribution >= 0.6 is 11.3 Å². The maximum Gasteiger partial charge on any atom is 0.220 e. The van der Waals surface area contributed by atoms with Crippen LogP contribution in [0.3, 0.4) is 0 Å². The zero-order valence-corrected chi connectivity index (χ0v) is 8.78. The van der Waals surface area contributed by atoms with Gasteiger partial charge in [0.15, 0.2) is 0 Å². The van der Waals surface area contributed by atoms with E-state index < -0.39 is 0 Å². The number of nitrogens with one attached hydrogen (secondary N) is 1. The van der Waals surface area contributed by atoms with Crippen LogP contribution in [0.25, 0.3) is 0 Å². The number of aryl methyl sites for hydroxylation is 1. The highest BCUT2D eigenvalue weighted by molar-refractivity contribution is 7.09. The first-order chi connectivity index (χ1) is 6.22. The van der Waals surface area contributed by atoms with Crippen LogP contribution in [0.2, 0.25) is 0 Å². The molecule has 0 bridgehead atoms. The third-order valence-electron chi connectivity index (χ3n) is 1.61. The average Bonchev–Trinajstić information content (AvgIpc) is 2.49. The van der Waals surface area contributed by atoms with Crippen LogP contribution in [0.4, 0.5) is 0 Å². The Bertz CT molecular complexity index is 283. The van der Waals surface area contributed by atoms with E-state index in [4.69, 9.17) is 0 Å². The van der Waals surface area contributed by atoms with Gasteiger partial charge in [0.2, 0.25) is 5.91 Å². The molecule has 1 N–H and O–H groups in total. The third-order valence-corrected chi connectivity index (χ3v) is 2.43. The molecule has 0 unspecified atom stereocenters. The molecule has 0 saturated heterocycles. The Morgan fingerprint density at radius 3 is 3.00 bits per heavy atom. The number of nitrogens with zero attached hydrogens (tertiary/aromatic N) is 1. The average molecular weight is 198 g/mol. The van der Waals surface area contributed by atoms with Crippen molar-refractivity contribution in [3.8, 4) is 0 Å². The molecule has 0 atom stereocenters. The van der Waals surface area contributed by atoms with Gasteiger partial charge >= 0.3 is 0 Å². The zero-order valence-electron chi connectivity index (χ0n) is 7.96. The van der Waals surface area contributed by atoms with E-state index in [0.717, 1.165) is 17.1 Å². The van der Waals surface area contributed by atoms with Gasteiger partial charge in [0.25, 0.3) is 0 Å². The number of hydrogen-bond acceptors (Lipinski definition) is 3. The van der Waals surface area contributed by atoms with Crippen molar-refractivity contribution in [2.24, 2.45) is 0 Å². The quantitative estimate of drug-likeness (QED) is 0.802. The van der Waals surface area contributed by atoms with E-state index in [2.05, 4.69) is 10.3 Å². The Labute approximate surface area is 82.2 Å². The standard InChI is InChI=1S/C9H14N2OS/c1-3-4-9(12)10-5-8-6-13-7(2)11-8/h6H,3-5H2,1-2H3,(H,10,12). The Morgan fingerprint density at radius 2 is 2.46 bits per heavy atom. The number of aromatic nitrogens is 1. The lowest BCUT2D eigenvalue weighted by molar-refractivity contribution is -0.121. The van der Waals surface area contributed by atoms with Crippen molar-refractivity contribution in [1.82, 2.24) is 10.3 Å². The molecule has 0 radical (unpaired) electrons. The Balaban J connectivity index is 2.30. The van der Waals surface area contributed by atoms with Gasteiger partial charge in [-0.1, -0.05) is 6.92 Å². The number of carbonyl (C=O) groups excluding carboxylic acids is 1. The van der Waals surface area contributed by atoms with Crippen molar-refractivity contribution in [2.45, 2.75) is 33.2 Å². The minimum atomic E-state index is 0.105. The number of amides is 1. The molecule has 1 aromatic rings. The van der Waals surface area contributed by atoms with Crippen LogP contribution in [0.1, 0.15) is 30.5 Å². The summed E-state index contributed by atoms with van der Waals surface area (Å²) >= 11 is 1.61. The lowest BCUT2D eigenvalue weighted by Gasteiger charge is -2.00. The minimum absolute atomic E-state index is 0.105. The fraction of sp³-hybridized carbons (Fsp3) is 0.556. The Morgan fingerprint density at radius 1 is 1.69 bits per heavy atom. The first-order valence-corrected chi connectivity index (χ1v) is 5.28. The summed E-state index contributed by atoms with van der Waals surface area (Å²) in [4.78, 5) is 15.3. The van der Waals surface area contributed by atoms with Crippen LogP contribution in [-0.2, 0) is 11.3 Å². The summed E-state index contributed by atoms with van der Waals surface area (Å²) in [6, 6.07) is 0. The second-order valence-corrected chi connectivity index (χ2v) is 3.95. The molecular weight excluding hydrogens is 184 g/mol. The molecule has 13 heavy (non-hydrogen) atoms. The van der Waals surface area contributed by atoms with E-state index in [1.165, 1.54) is 0 Å².